The van der Waals surface area contributed by atoms with Crippen LogP contribution in [0.25, 0.3) is 0 Å². The van der Waals surface area contributed by atoms with E-state index in [0.29, 0.717) is 19.6 Å². The van der Waals surface area contributed by atoms with Gasteiger partial charge in [0.2, 0.25) is 0 Å². The zero-order valence-electron chi connectivity index (χ0n) is 9.13. The summed E-state index contributed by atoms with van der Waals surface area (Å²) in [5.74, 6) is -0.639. The summed E-state index contributed by atoms with van der Waals surface area (Å²) in [4.78, 5) is 25.9. The van der Waals surface area contributed by atoms with Gasteiger partial charge in [0.15, 0.2) is 0 Å². The van der Waals surface area contributed by atoms with Crippen molar-refractivity contribution in [3.63, 3.8) is 0 Å². The number of carboxylic acid groups (broad SMARTS) is 1. The summed E-state index contributed by atoms with van der Waals surface area (Å²) >= 11 is 0. The largest absolute Gasteiger partial charge is 0.481 e. The number of nitrogens with zero attached hydrogens (tertiary/aromatic N) is 2. The molecule has 1 fully saturated rings. The fourth-order valence-corrected chi connectivity index (χ4v) is 2.12. The molecule has 5 nitrogen and oxygen atoms in total. The predicted molar refractivity (Wildman–Crippen MR) is 58.0 cm³/mol. The Kier molecular flexibility index (Phi) is 3.12. The van der Waals surface area contributed by atoms with Crippen molar-refractivity contribution in [2.45, 2.75) is 12.8 Å². The van der Waals surface area contributed by atoms with Crippen LogP contribution < -0.4 is 0 Å². The second kappa shape index (κ2) is 4.55. The average Bonchev–Trinajstić information content (AvgIpc) is 2.23. The van der Waals surface area contributed by atoms with E-state index < -0.39 is 5.97 Å². The molecule has 2 amide bonds. The third kappa shape index (κ3) is 2.35. The Morgan fingerprint density at radius 2 is 2.00 bits per heavy atom. The molecule has 2 rings (SSSR count). The van der Waals surface area contributed by atoms with Crippen LogP contribution in [-0.4, -0.2) is 53.1 Å². The van der Waals surface area contributed by atoms with E-state index >= 15 is 0 Å². The fraction of sp³-hybridized carbons (Fsp3) is 0.636. The van der Waals surface area contributed by atoms with Gasteiger partial charge in [-0.05, 0) is 6.42 Å². The predicted octanol–water partition coefficient (Wildman–Crippen LogP) is 0.775. The molecule has 2 aliphatic rings. The molecule has 0 spiro atoms. The molecule has 1 saturated heterocycles. The zero-order chi connectivity index (χ0) is 11.5. The Morgan fingerprint density at radius 1 is 1.25 bits per heavy atom. The van der Waals surface area contributed by atoms with Crippen molar-refractivity contribution in [2.24, 2.45) is 5.92 Å². The average molecular weight is 224 g/mol. The minimum Gasteiger partial charge on any atom is -0.481 e. The van der Waals surface area contributed by atoms with Gasteiger partial charge < -0.3 is 14.9 Å². The third-order valence-corrected chi connectivity index (χ3v) is 3.02. The fourth-order valence-electron chi connectivity index (χ4n) is 2.12. The van der Waals surface area contributed by atoms with Crippen molar-refractivity contribution in [1.29, 1.82) is 0 Å². The maximum absolute atomic E-state index is 11.9. The van der Waals surface area contributed by atoms with Gasteiger partial charge in [0.25, 0.3) is 0 Å². The first-order valence-electron chi connectivity index (χ1n) is 5.57. The minimum absolute atomic E-state index is 0.0472. The SMILES string of the molecule is O=C(O)CC1CN(C(=O)N2CC=CCC2)C1. The van der Waals surface area contributed by atoms with Crippen molar-refractivity contribution in [3.8, 4) is 0 Å². The Labute approximate surface area is 94.3 Å². The van der Waals surface area contributed by atoms with Crippen LogP contribution in [-0.2, 0) is 4.79 Å². The molecule has 0 aromatic rings. The van der Waals surface area contributed by atoms with E-state index in [0.717, 1.165) is 13.0 Å². The molecule has 0 radical (unpaired) electrons. The molecule has 0 atom stereocenters. The number of urea groups is 1. The normalized spacial score (nSPS) is 20.8. The van der Waals surface area contributed by atoms with Crippen LogP contribution >= 0.6 is 0 Å². The molecule has 16 heavy (non-hydrogen) atoms. The van der Waals surface area contributed by atoms with Gasteiger partial charge in [0.05, 0.1) is 6.42 Å². The first kappa shape index (κ1) is 11.0. The van der Waals surface area contributed by atoms with Crippen molar-refractivity contribution in [3.05, 3.63) is 12.2 Å². The van der Waals surface area contributed by atoms with Gasteiger partial charge in [-0.2, -0.15) is 0 Å². The molecular weight excluding hydrogens is 208 g/mol. The molecule has 0 bridgehead atoms. The summed E-state index contributed by atoms with van der Waals surface area (Å²) in [5.41, 5.74) is 0. The molecule has 0 unspecified atom stereocenters. The second-order valence-electron chi connectivity index (χ2n) is 4.36. The minimum atomic E-state index is -0.780. The van der Waals surface area contributed by atoms with Gasteiger partial charge in [-0.25, -0.2) is 4.79 Å². The summed E-state index contributed by atoms with van der Waals surface area (Å²) in [7, 11) is 0. The molecular formula is C11H16N2O3. The van der Waals surface area contributed by atoms with E-state index in [1.54, 1.807) is 9.80 Å². The highest BCUT2D eigenvalue weighted by Crippen LogP contribution is 2.21. The third-order valence-electron chi connectivity index (χ3n) is 3.02. The maximum Gasteiger partial charge on any atom is 0.320 e. The highest BCUT2D eigenvalue weighted by molar-refractivity contribution is 5.76. The Morgan fingerprint density at radius 3 is 2.56 bits per heavy atom. The number of likely N-dealkylation sites (tertiary alicyclic amines) is 1. The number of hydrogen-bond acceptors (Lipinski definition) is 2. The van der Waals surface area contributed by atoms with Crippen molar-refractivity contribution < 1.29 is 14.7 Å². The highest BCUT2D eigenvalue weighted by Gasteiger charge is 2.34. The van der Waals surface area contributed by atoms with Crippen LogP contribution in [0.2, 0.25) is 0 Å². The zero-order valence-corrected chi connectivity index (χ0v) is 9.13. The number of carbonyl (C=O) groups is 2. The van der Waals surface area contributed by atoms with Gasteiger partial charge in [0.1, 0.15) is 0 Å². The quantitative estimate of drug-likeness (QED) is 0.705. The van der Waals surface area contributed by atoms with Crippen LogP contribution in [0.5, 0.6) is 0 Å². The van der Waals surface area contributed by atoms with E-state index in [2.05, 4.69) is 6.08 Å². The lowest BCUT2D eigenvalue weighted by molar-refractivity contribution is -0.139. The number of rotatable bonds is 2. The van der Waals surface area contributed by atoms with Crippen LogP contribution in [0, 0.1) is 5.92 Å². The van der Waals surface area contributed by atoms with Gasteiger partial charge in [-0.3, -0.25) is 4.79 Å². The summed E-state index contributed by atoms with van der Waals surface area (Å²) in [6.45, 7) is 2.63. The summed E-state index contributed by atoms with van der Waals surface area (Å²) in [5, 5.41) is 8.60. The molecule has 0 aromatic carbocycles. The number of hydrogen-bond donors (Lipinski definition) is 1. The molecule has 0 saturated carbocycles. The van der Waals surface area contributed by atoms with E-state index in [-0.39, 0.29) is 18.4 Å². The summed E-state index contributed by atoms with van der Waals surface area (Å²) in [6.07, 6.45) is 5.16. The number of amides is 2. The Bertz CT molecular complexity index is 321. The molecule has 88 valence electrons. The second-order valence-corrected chi connectivity index (χ2v) is 4.36. The molecule has 0 aliphatic carbocycles. The highest BCUT2D eigenvalue weighted by atomic mass is 16.4. The monoisotopic (exact) mass is 224 g/mol. The first-order valence-corrected chi connectivity index (χ1v) is 5.57. The van der Waals surface area contributed by atoms with E-state index in [1.165, 1.54) is 0 Å². The van der Waals surface area contributed by atoms with Crippen LogP contribution in [0.1, 0.15) is 12.8 Å². The summed E-state index contributed by atoms with van der Waals surface area (Å²) in [6, 6.07) is 0.0472. The first-order chi connectivity index (χ1) is 7.66. The topological polar surface area (TPSA) is 60.9 Å². The number of aliphatic carboxylic acids is 1. The lowest BCUT2D eigenvalue weighted by atomic mass is 9.97. The van der Waals surface area contributed by atoms with E-state index in [9.17, 15) is 9.59 Å². The number of carbonyl (C=O) groups excluding carboxylic acids is 1. The Hall–Kier alpha value is -1.52. The molecule has 2 heterocycles. The van der Waals surface area contributed by atoms with Crippen LogP contribution in [0.15, 0.2) is 12.2 Å². The molecule has 2 aliphatic heterocycles. The van der Waals surface area contributed by atoms with Gasteiger partial charge in [-0.15, -0.1) is 0 Å². The molecule has 0 aromatic heterocycles. The molecule has 1 N–H and O–H groups in total. The standard InChI is InChI=1S/C11H16N2O3/c14-10(15)6-9-7-13(8-9)11(16)12-4-2-1-3-5-12/h1-2,9H,3-8H2,(H,14,15). The van der Waals surface area contributed by atoms with Crippen LogP contribution in [0.3, 0.4) is 0 Å². The van der Waals surface area contributed by atoms with Gasteiger partial charge in [-0.1, -0.05) is 12.2 Å². The molecule has 5 heteroatoms. The van der Waals surface area contributed by atoms with Crippen LogP contribution in [0.4, 0.5) is 4.79 Å². The van der Waals surface area contributed by atoms with E-state index in [1.807, 2.05) is 6.08 Å². The van der Waals surface area contributed by atoms with Crippen molar-refractivity contribution in [2.75, 3.05) is 26.2 Å². The van der Waals surface area contributed by atoms with Gasteiger partial charge >= 0.3 is 12.0 Å². The maximum atomic E-state index is 11.9. The number of carboxylic acids is 1. The van der Waals surface area contributed by atoms with Gasteiger partial charge in [0, 0.05) is 32.1 Å². The van der Waals surface area contributed by atoms with Crippen molar-refractivity contribution in [1.82, 2.24) is 9.80 Å². The summed E-state index contributed by atoms with van der Waals surface area (Å²) < 4.78 is 0. The lowest BCUT2D eigenvalue weighted by Crippen LogP contribution is -2.55. The van der Waals surface area contributed by atoms with E-state index in [4.69, 9.17) is 5.11 Å². The lowest BCUT2D eigenvalue weighted by Gasteiger charge is -2.41. The smallest absolute Gasteiger partial charge is 0.320 e. The van der Waals surface area contributed by atoms with Crippen molar-refractivity contribution >= 4 is 12.0 Å². The Balaban J connectivity index is 1.76.